The van der Waals surface area contributed by atoms with Crippen LogP contribution in [0, 0.1) is 0 Å². The van der Waals surface area contributed by atoms with Gasteiger partial charge in [0.25, 0.3) is 0 Å². The first-order chi connectivity index (χ1) is 10.6. The van der Waals surface area contributed by atoms with E-state index in [2.05, 4.69) is 27.4 Å². The number of H-pyrrole nitrogens is 1. The molecule has 1 atom stereocenters. The van der Waals surface area contributed by atoms with Gasteiger partial charge < -0.3 is 5.32 Å². The molecule has 0 radical (unpaired) electrons. The van der Waals surface area contributed by atoms with Crippen molar-refractivity contribution in [1.82, 2.24) is 15.2 Å². The number of aryl methyl sites for hydroxylation is 1. The van der Waals surface area contributed by atoms with Crippen LogP contribution < -0.4 is 5.32 Å². The van der Waals surface area contributed by atoms with E-state index in [4.69, 9.17) is 11.6 Å². The summed E-state index contributed by atoms with van der Waals surface area (Å²) in [4.78, 5) is 16.6. The largest absolute Gasteiger partial charge is 0.325 e. The molecule has 0 aliphatic heterocycles. The zero-order valence-corrected chi connectivity index (χ0v) is 14.2. The fourth-order valence-electron chi connectivity index (χ4n) is 1.81. The molecule has 2 rings (SSSR count). The van der Waals surface area contributed by atoms with E-state index in [0.29, 0.717) is 15.9 Å². The summed E-state index contributed by atoms with van der Waals surface area (Å²) in [6, 6.07) is 7.08. The van der Waals surface area contributed by atoms with Gasteiger partial charge >= 0.3 is 0 Å². The summed E-state index contributed by atoms with van der Waals surface area (Å²) in [6.45, 7) is 3.96. The third kappa shape index (κ3) is 5.03. The van der Waals surface area contributed by atoms with Crippen molar-refractivity contribution in [3.05, 3.63) is 35.1 Å². The normalized spacial score (nSPS) is 12.1. The number of rotatable bonds is 7. The molecule has 1 aromatic heterocycles. The quantitative estimate of drug-likeness (QED) is 0.751. The number of anilines is 1. The molecule has 2 aromatic rings. The van der Waals surface area contributed by atoms with Gasteiger partial charge in [0.1, 0.15) is 5.82 Å². The van der Waals surface area contributed by atoms with Crippen LogP contribution in [0.5, 0.6) is 0 Å². The SMILES string of the molecule is CCCCc1nc(SC(C)C(=O)Nc2cccc(Cl)c2)n[nH]1. The number of aromatic amines is 1. The number of aromatic nitrogens is 3. The Hall–Kier alpha value is -1.53. The topological polar surface area (TPSA) is 70.7 Å². The molecule has 0 saturated carbocycles. The monoisotopic (exact) mass is 338 g/mol. The van der Waals surface area contributed by atoms with Crippen molar-refractivity contribution in [1.29, 1.82) is 0 Å². The minimum atomic E-state index is -0.297. The molecular weight excluding hydrogens is 320 g/mol. The Kier molecular flexibility index (Phi) is 6.27. The molecule has 1 amide bonds. The molecule has 118 valence electrons. The van der Waals surface area contributed by atoms with Gasteiger partial charge in [-0.15, -0.1) is 5.10 Å². The number of nitrogens with zero attached hydrogens (tertiary/aromatic N) is 2. The molecule has 0 aliphatic carbocycles. The third-order valence-electron chi connectivity index (χ3n) is 3.02. The molecule has 5 nitrogen and oxygen atoms in total. The van der Waals surface area contributed by atoms with Crippen LogP contribution in [0.4, 0.5) is 5.69 Å². The summed E-state index contributed by atoms with van der Waals surface area (Å²) >= 11 is 7.23. The summed E-state index contributed by atoms with van der Waals surface area (Å²) in [5.74, 6) is 0.763. The smallest absolute Gasteiger partial charge is 0.237 e. The van der Waals surface area contributed by atoms with Crippen molar-refractivity contribution in [3.63, 3.8) is 0 Å². The summed E-state index contributed by atoms with van der Waals surface area (Å²) in [7, 11) is 0. The van der Waals surface area contributed by atoms with Crippen LogP contribution in [-0.4, -0.2) is 26.3 Å². The number of halogens is 1. The standard InChI is InChI=1S/C15H19ClN4OS/c1-3-4-8-13-18-15(20-19-13)22-10(2)14(21)17-12-7-5-6-11(16)9-12/h5-7,9-10H,3-4,8H2,1-2H3,(H,17,21)(H,18,19,20). The summed E-state index contributed by atoms with van der Waals surface area (Å²) < 4.78 is 0. The predicted octanol–water partition coefficient (Wildman–Crippen LogP) is 3.92. The van der Waals surface area contributed by atoms with Gasteiger partial charge in [-0.2, -0.15) is 0 Å². The van der Waals surface area contributed by atoms with Crippen molar-refractivity contribution in [3.8, 4) is 0 Å². The van der Waals surface area contributed by atoms with Gasteiger partial charge in [-0.25, -0.2) is 4.98 Å². The molecule has 0 aliphatic rings. The van der Waals surface area contributed by atoms with E-state index in [-0.39, 0.29) is 11.2 Å². The summed E-state index contributed by atoms with van der Waals surface area (Å²) in [5, 5.41) is 10.8. The van der Waals surface area contributed by atoms with E-state index in [1.54, 1.807) is 24.3 Å². The Morgan fingerprint density at radius 3 is 3.05 bits per heavy atom. The van der Waals surface area contributed by atoms with Crippen LogP contribution in [0.1, 0.15) is 32.5 Å². The van der Waals surface area contributed by atoms with Gasteiger partial charge in [0.2, 0.25) is 11.1 Å². The molecule has 1 unspecified atom stereocenters. The van der Waals surface area contributed by atoms with E-state index >= 15 is 0 Å². The maximum Gasteiger partial charge on any atom is 0.237 e. The van der Waals surface area contributed by atoms with Crippen molar-refractivity contribution < 1.29 is 4.79 Å². The van der Waals surface area contributed by atoms with Crippen LogP contribution in [0.3, 0.4) is 0 Å². The number of unbranched alkanes of at least 4 members (excludes halogenated alkanes) is 1. The minimum Gasteiger partial charge on any atom is -0.325 e. The first-order valence-corrected chi connectivity index (χ1v) is 8.48. The first-order valence-electron chi connectivity index (χ1n) is 7.23. The fourth-order valence-corrected chi connectivity index (χ4v) is 2.74. The molecule has 2 N–H and O–H groups in total. The van der Waals surface area contributed by atoms with Gasteiger partial charge in [-0.3, -0.25) is 9.89 Å². The van der Waals surface area contributed by atoms with Gasteiger partial charge in [-0.1, -0.05) is 42.8 Å². The minimum absolute atomic E-state index is 0.104. The lowest BCUT2D eigenvalue weighted by molar-refractivity contribution is -0.115. The van der Waals surface area contributed by atoms with E-state index in [1.807, 2.05) is 6.92 Å². The molecule has 1 aromatic carbocycles. The highest BCUT2D eigenvalue weighted by Crippen LogP contribution is 2.22. The number of nitrogens with one attached hydrogen (secondary N) is 2. The number of benzene rings is 1. The molecule has 0 fully saturated rings. The van der Waals surface area contributed by atoms with Crippen LogP contribution in [0.2, 0.25) is 5.02 Å². The second-order valence-electron chi connectivity index (χ2n) is 4.93. The zero-order chi connectivity index (χ0) is 15.9. The van der Waals surface area contributed by atoms with Crippen LogP contribution in [0.15, 0.2) is 29.4 Å². The molecular formula is C15H19ClN4OS. The van der Waals surface area contributed by atoms with E-state index in [9.17, 15) is 4.79 Å². The molecule has 0 spiro atoms. The highest BCUT2D eigenvalue weighted by atomic mass is 35.5. The van der Waals surface area contributed by atoms with Crippen molar-refractivity contribution >= 4 is 35.0 Å². The molecule has 22 heavy (non-hydrogen) atoms. The number of carbonyl (C=O) groups is 1. The van der Waals surface area contributed by atoms with E-state index in [0.717, 1.165) is 25.1 Å². The maximum absolute atomic E-state index is 12.2. The number of carbonyl (C=O) groups excluding carboxylic acids is 1. The van der Waals surface area contributed by atoms with Gasteiger partial charge in [0.05, 0.1) is 5.25 Å². The van der Waals surface area contributed by atoms with Crippen molar-refractivity contribution in [2.45, 2.75) is 43.5 Å². The lowest BCUT2D eigenvalue weighted by Crippen LogP contribution is -2.22. The number of amides is 1. The highest BCUT2D eigenvalue weighted by Gasteiger charge is 2.17. The predicted molar refractivity (Wildman–Crippen MR) is 90.4 cm³/mol. The average molecular weight is 339 g/mol. The summed E-state index contributed by atoms with van der Waals surface area (Å²) in [6.07, 6.45) is 3.07. The maximum atomic E-state index is 12.2. The summed E-state index contributed by atoms with van der Waals surface area (Å²) in [5.41, 5.74) is 0.684. The molecule has 1 heterocycles. The zero-order valence-electron chi connectivity index (χ0n) is 12.6. The van der Waals surface area contributed by atoms with Crippen LogP contribution in [0.25, 0.3) is 0 Å². The van der Waals surface area contributed by atoms with Crippen molar-refractivity contribution in [2.24, 2.45) is 0 Å². The van der Waals surface area contributed by atoms with Gasteiger partial charge in [0, 0.05) is 17.1 Å². The molecule has 0 bridgehead atoms. The van der Waals surface area contributed by atoms with E-state index < -0.39 is 0 Å². The fraction of sp³-hybridized carbons (Fsp3) is 0.400. The van der Waals surface area contributed by atoms with Crippen LogP contribution >= 0.6 is 23.4 Å². The third-order valence-corrected chi connectivity index (χ3v) is 4.22. The second-order valence-corrected chi connectivity index (χ2v) is 6.67. The molecule has 0 saturated heterocycles. The number of hydrogen-bond donors (Lipinski definition) is 2. The average Bonchev–Trinajstić information content (AvgIpc) is 2.92. The Balaban J connectivity index is 1.89. The molecule has 7 heteroatoms. The lowest BCUT2D eigenvalue weighted by Gasteiger charge is -2.10. The van der Waals surface area contributed by atoms with Gasteiger partial charge in [0.15, 0.2) is 0 Å². The van der Waals surface area contributed by atoms with Gasteiger partial charge in [-0.05, 0) is 31.5 Å². The van der Waals surface area contributed by atoms with E-state index in [1.165, 1.54) is 11.8 Å². The lowest BCUT2D eigenvalue weighted by atomic mass is 10.2. The second kappa shape index (κ2) is 8.19. The number of thioether (sulfide) groups is 1. The highest BCUT2D eigenvalue weighted by molar-refractivity contribution is 8.00. The van der Waals surface area contributed by atoms with Crippen molar-refractivity contribution in [2.75, 3.05) is 5.32 Å². The van der Waals surface area contributed by atoms with Crippen LogP contribution in [-0.2, 0) is 11.2 Å². The Morgan fingerprint density at radius 1 is 1.50 bits per heavy atom. The Bertz CT molecular complexity index is 632. The number of hydrogen-bond acceptors (Lipinski definition) is 4. The Labute approximate surface area is 139 Å². The Morgan fingerprint density at radius 2 is 2.32 bits per heavy atom. The first kappa shape index (κ1) is 16.8.